The maximum absolute atomic E-state index is 13.5. The molecule has 2 atom stereocenters. The maximum atomic E-state index is 13.5. The quantitative estimate of drug-likeness (QED) is 0.739. The first-order valence-electron chi connectivity index (χ1n) is 9.89. The van der Waals surface area contributed by atoms with Crippen molar-refractivity contribution in [3.05, 3.63) is 64.2 Å². The summed E-state index contributed by atoms with van der Waals surface area (Å²) in [6.07, 6.45) is 0.0746. The van der Waals surface area contributed by atoms with E-state index in [9.17, 15) is 8.42 Å². The smallest absolute Gasteiger partial charge is 0.245 e. The lowest BCUT2D eigenvalue weighted by molar-refractivity contribution is 0.0684. The Morgan fingerprint density at radius 3 is 2.11 bits per heavy atom. The monoisotopic (exact) mass is 401 g/mol. The predicted octanol–water partition coefficient (Wildman–Crippen LogP) is 4.53. The first-order chi connectivity index (χ1) is 13.1. The fourth-order valence-electron chi connectivity index (χ4n) is 4.08. The van der Waals surface area contributed by atoms with Gasteiger partial charge in [0.25, 0.3) is 0 Å². The highest BCUT2D eigenvalue weighted by molar-refractivity contribution is 7.89. The van der Waals surface area contributed by atoms with Crippen LogP contribution >= 0.6 is 0 Å². The standard InChI is InChI=1S/C23H31NO3S/c1-15(2)22-14-27-23(13-21-18(5)11-17(4)12-19(21)6)24(22)28(25,26)20-9-7-16(3)8-10-20/h7-12,15,22-23H,13-14H2,1-6H3/t22-,23+/m1/s1. The lowest BCUT2D eigenvalue weighted by Crippen LogP contribution is -2.45. The van der Waals surface area contributed by atoms with Crippen LogP contribution in [0.4, 0.5) is 0 Å². The van der Waals surface area contributed by atoms with Crippen LogP contribution in [0.15, 0.2) is 41.3 Å². The molecule has 1 heterocycles. The van der Waals surface area contributed by atoms with Gasteiger partial charge in [-0.3, -0.25) is 0 Å². The fourth-order valence-corrected chi connectivity index (χ4v) is 5.91. The van der Waals surface area contributed by atoms with Crippen LogP contribution in [0, 0.1) is 33.6 Å². The van der Waals surface area contributed by atoms with Gasteiger partial charge in [0.15, 0.2) is 0 Å². The summed E-state index contributed by atoms with van der Waals surface area (Å²) >= 11 is 0. The average Bonchev–Trinajstić information content (AvgIpc) is 3.03. The van der Waals surface area contributed by atoms with E-state index >= 15 is 0 Å². The van der Waals surface area contributed by atoms with Crippen molar-refractivity contribution in [2.75, 3.05) is 6.61 Å². The van der Waals surface area contributed by atoms with Crippen LogP contribution in [0.2, 0.25) is 0 Å². The van der Waals surface area contributed by atoms with Crippen molar-refractivity contribution >= 4 is 10.0 Å². The molecule has 28 heavy (non-hydrogen) atoms. The van der Waals surface area contributed by atoms with Crippen LogP contribution in [-0.4, -0.2) is 31.6 Å². The molecule has 1 aliphatic rings. The van der Waals surface area contributed by atoms with Crippen LogP contribution < -0.4 is 0 Å². The highest BCUT2D eigenvalue weighted by atomic mass is 32.2. The third-order valence-electron chi connectivity index (χ3n) is 5.66. The molecule has 5 heteroatoms. The van der Waals surface area contributed by atoms with Gasteiger partial charge in [-0.2, -0.15) is 4.31 Å². The third kappa shape index (κ3) is 4.02. The second-order valence-corrected chi connectivity index (χ2v) is 10.2. The summed E-state index contributed by atoms with van der Waals surface area (Å²) < 4.78 is 34.7. The van der Waals surface area contributed by atoms with Crippen molar-refractivity contribution < 1.29 is 13.2 Å². The summed E-state index contributed by atoms with van der Waals surface area (Å²) in [6.45, 7) is 12.7. The van der Waals surface area contributed by atoms with Gasteiger partial charge in [-0.25, -0.2) is 8.42 Å². The van der Waals surface area contributed by atoms with Gasteiger partial charge in [0, 0.05) is 6.42 Å². The maximum Gasteiger partial charge on any atom is 0.245 e. The second-order valence-electron chi connectivity index (χ2n) is 8.33. The zero-order valence-electron chi connectivity index (χ0n) is 17.7. The van der Waals surface area contributed by atoms with Gasteiger partial charge in [0.1, 0.15) is 6.23 Å². The van der Waals surface area contributed by atoms with E-state index in [2.05, 4.69) is 46.8 Å². The number of sulfonamides is 1. The van der Waals surface area contributed by atoms with E-state index in [1.165, 1.54) is 22.3 Å². The summed E-state index contributed by atoms with van der Waals surface area (Å²) in [5.41, 5.74) is 5.79. The molecule has 3 rings (SSSR count). The molecule has 152 valence electrons. The summed E-state index contributed by atoms with van der Waals surface area (Å²) in [4.78, 5) is 0.330. The summed E-state index contributed by atoms with van der Waals surface area (Å²) in [5, 5.41) is 0. The zero-order chi connectivity index (χ0) is 20.6. The number of hydrogen-bond donors (Lipinski definition) is 0. The van der Waals surface area contributed by atoms with E-state index < -0.39 is 16.3 Å². The number of benzene rings is 2. The lowest BCUT2D eigenvalue weighted by atomic mass is 9.96. The molecule has 2 aromatic carbocycles. The molecule has 0 aromatic heterocycles. The number of aryl methyl sites for hydroxylation is 4. The van der Waals surface area contributed by atoms with Crippen LogP contribution in [0.5, 0.6) is 0 Å². The van der Waals surface area contributed by atoms with Crippen molar-refractivity contribution in [1.29, 1.82) is 0 Å². The molecule has 0 spiro atoms. The molecule has 0 bridgehead atoms. The topological polar surface area (TPSA) is 46.6 Å². The average molecular weight is 402 g/mol. The number of rotatable bonds is 5. The van der Waals surface area contributed by atoms with E-state index in [1.807, 2.05) is 19.1 Å². The van der Waals surface area contributed by atoms with E-state index in [0.29, 0.717) is 17.9 Å². The van der Waals surface area contributed by atoms with Gasteiger partial charge in [0.05, 0.1) is 17.5 Å². The molecule has 2 aromatic rings. The summed E-state index contributed by atoms with van der Waals surface area (Å²) in [7, 11) is -3.64. The van der Waals surface area contributed by atoms with E-state index in [1.54, 1.807) is 16.4 Å². The van der Waals surface area contributed by atoms with Crippen LogP contribution in [0.1, 0.15) is 41.7 Å². The lowest BCUT2D eigenvalue weighted by Gasteiger charge is -2.30. The molecule has 1 saturated heterocycles. The van der Waals surface area contributed by atoms with Gasteiger partial charge in [-0.05, 0) is 62.4 Å². The van der Waals surface area contributed by atoms with Gasteiger partial charge in [0.2, 0.25) is 10.0 Å². The van der Waals surface area contributed by atoms with Crippen molar-refractivity contribution in [3.63, 3.8) is 0 Å². The minimum absolute atomic E-state index is 0.164. The van der Waals surface area contributed by atoms with E-state index in [4.69, 9.17) is 4.74 Å². The predicted molar refractivity (Wildman–Crippen MR) is 113 cm³/mol. The number of ether oxygens (including phenoxy) is 1. The normalized spacial score (nSPS) is 20.8. The van der Waals surface area contributed by atoms with Crippen molar-refractivity contribution in [2.24, 2.45) is 5.92 Å². The Kier molecular flexibility index (Phi) is 5.99. The molecule has 0 saturated carbocycles. The molecule has 0 unspecified atom stereocenters. The van der Waals surface area contributed by atoms with Gasteiger partial charge < -0.3 is 4.74 Å². The number of hydrogen-bond acceptors (Lipinski definition) is 3. The molecular weight excluding hydrogens is 370 g/mol. The molecule has 0 radical (unpaired) electrons. The molecular formula is C23H31NO3S. The Hall–Kier alpha value is -1.69. The second kappa shape index (κ2) is 7.97. The Labute approximate surface area is 169 Å². The Morgan fingerprint density at radius 1 is 1.00 bits per heavy atom. The minimum Gasteiger partial charge on any atom is -0.360 e. The highest BCUT2D eigenvalue weighted by Crippen LogP contribution is 2.33. The summed E-state index contributed by atoms with van der Waals surface area (Å²) in [6, 6.07) is 11.2. The van der Waals surface area contributed by atoms with Crippen molar-refractivity contribution in [2.45, 2.75) is 65.1 Å². The molecule has 0 N–H and O–H groups in total. The van der Waals surface area contributed by atoms with Gasteiger partial charge >= 0.3 is 0 Å². The number of nitrogens with zero attached hydrogens (tertiary/aromatic N) is 1. The molecule has 1 aliphatic heterocycles. The van der Waals surface area contributed by atoms with Crippen LogP contribution in [-0.2, 0) is 21.2 Å². The molecule has 0 amide bonds. The van der Waals surface area contributed by atoms with E-state index in [0.717, 1.165) is 5.56 Å². The first kappa shape index (κ1) is 21.0. The van der Waals surface area contributed by atoms with Crippen molar-refractivity contribution in [1.82, 2.24) is 4.31 Å². The summed E-state index contributed by atoms with van der Waals surface area (Å²) in [5.74, 6) is 0.172. The van der Waals surface area contributed by atoms with E-state index in [-0.39, 0.29) is 12.0 Å². The Morgan fingerprint density at radius 2 is 1.57 bits per heavy atom. The Balaban J connectivity index is 2.00. The van der Waals surface area contributed by atoms with Gasteiger partial charge in [-0.1, -0.05) is 49.2 Å². The largest absolute Gasteiger partial charge is 0.360 e. The Bertz CT molecular complexity index is 925. The van der Waals surface area contributed by atoms with Crippen molar-refractivity contribution in [3.8, 4) is 0 Å². The van der Waals surface area contributed by atoms with Gasteiger partial charge in [-0.15, -0.1) is 0 Å². The first-order valence-corrected chi connectivity index (χ1v) is 11.3. The molecule has 0 aliphatic carbocycles. The highest BCUT2D eigenvalue weighted by Gasteiger charge is 2.44. The molecule has 1 fully saturated rings. The van der Waals surface area contributed by atoms with Crippen LogP contribution in [0.3, 0.4) is 0 Å². The van der Waals surface area contributed by atoms with Crippen LogP contribution in [0.25, 0.3) is 0 Å². The zero-order valence-corrected chi connectivity index (χ0v) is 18.5. The third-order valence-corrected chi connectivity index (χ3v) is 7.58. The SMILES string of the molecule is Cc1ccc(S(=O)(=O)N2[C@H](Cc3c(C)cc(C)cc3C)OC[C@@H]2C(C)C)cc1. The molecule has 4 nitrogen and oxygen atoms in total. The minimum atomic E-state index is -3.64. The fraction of sp³-hybridized carbons (Fsp3) is 0.478.